The molecule has 4 bridgehead atoms. The van der Waals surface area contributed by atoms with Gasteiger partial charge in [-0.2, -0.15) is 5.10 Å². The molecule has 2 heterocycles. The number of ether oxygens (including phenoxy) is 1. The maximum Gasteiger partial charge on any atom is 0.306 e. The molecule has 4 saturated carbocycles. The molecular weight excluding hydrogens is 326 g/mol. The van der Waals surface area contributed by atoms with Crippen LogP contribution in [0, 0.1) is 23.2 Å². The highest BCUT2D eigenvalue weighted by atomic mass is 16.5. The monoisotopic (exact) mass is 355 g/mol. The molecule has 0 atom stereocenters. The van der Waals surface area contributed by atoms with Crippen LogP contribution in [0.5, 0.6) is 0 Å². The van der Waals surface area contributed by atoms with E-state index in [-0.39, 0.29) is 17.5 Å². The Kier molecular flexibility index (Phi) is 4.13. The summed E-state index contributed by atoms with van der Waals surface area (Å²) < 4.78 is 5.91. The van der Waals surface area contributed by atoms with Crippen molar-refractivity contribution in [3.8, 4) is 0 Å². The summed E-state index contributed by atoms with van der Waals surface area (Å²) in [6.45, 7) is 1.77. The molecule has 1 aromatic rings. The lowest BCUT2D eigenvalue weighted by atomic mass is 9.49. The number of anilines is 1. The van der Waals surface area contributed by atoms with Crippen molar-refractivity contribution in [1.82, 2.24) is 10.2 Å². The van der Waals surface area contributed by atoms with Crippen LogP contribution in [0.15, 0.2) is 18.3 Å². The number of nitrogens with zero attached hydrogens (tertiary/aromatic N) is 3. The van der Waals surface area contributed by atoms with Crippen molar-refractivity contribution in [1.29, 1.82) is 0 Å². The Bertz CT molecular complexity index is 619. The number of aromatic nitrogens is 2. The Hall–Kier alpha value is -1.65. The normalized spacial score (nSPS) is 36.3. The fourth-order valence-corrected chi connectivity index (χ4v) is 6.71. The van der Waals surface area contributed by atoms with Crippen molar-refractivity contribution in [2.24, 2.45) is 23.2 Å². The number of carbonyl (C=O) groups is 1. The average Bonchev–Trinajstić information content (AvgIpc) is 2.61. The first kappa shape index (κ1) is 16.5. The van der Waals surface area contributed by atoms with Gasteiger partial charge in [-0.1, -0.05) is 0 Å². The third kappa shape index (κ3) is 3.21. The topological polar surface area (TPSA) is 55.3 Å². The predicted molar refractivity (Wildman–Crippen MR) is 98.6 cm³/mol. The third-order valence-electron chi connectivity index (χ3n) is 7.31. The molecule has 5 aliphatic rings. The minimum atomic E-state index is 0.0601. The van der Waals surface area contributed by atoms with E-state index < -0.39 is 0 Å². The van der Waals surface area contributed by atoms with Gasteiger partial charge in [0.2, 0.25) is 0 Å². The number of piperidine rings is 1. The van der Waals surface area contributed by atoms with E-state index in [9.17, 15) is 4.79 Å². The van der Waals surface area contributed by atoms with Gasteiger partial charge in [-0.3, -0.25) is 4.79 Å². The molecule has 1 aliphatic heterocycles. The summed E-state index contributed by atoms with van der Waals surface area (Å²) in [4.78, 5) is 14.9. The van der Waals surface area contributed by atoms with Crippen LogP contribution in [-0.4, -0.2) is 35.4 Å². The van der Waals surface area contributed by atoms with Gasteiger partial charge in [0.1, 0.15) is 6.10 Å². The van der Waals surface area contributed by atoms with E-state index in [0.717, 1.165) is 49.5 Å². The quantitative estimate of drug-likeness (QED) is 0.773. The van der Waals surface area contributed by atoms with Crippen molar-refractivity contribution < 1.29 is 9.53 Å². The summed E-state index contributed by atoms with van der Waals surface area (Å²) in [6.07, 6.45) is 12.3. The molecular formula is C21H29N3O2. The first-order chi connectivity index (χ1) is 12.7. The second kappa shape index (κ2) is 6.50. The minimum Gasteiger partial charge on any atom is -0.462 e. The highest BCUT2D eigenvalue weighted by Crippen LogP contribution is 2.61. The van der Waals surface area contributed by atoms with Crippen molar-refractivity contribution >= 4 is 11.8 Å². The standard InChI is InChI=1S/C21H29N3O2/c25-20(14-21-11-15-8-16(12-21)10-17(9-15)13-21)26-18-3-6-24(7-4-18)19-2-1-5-22-23-19/h1-2,5,15-18H,3-4,6-14H2. The van der Waals surface area contributed by atoms with Gasteiger partial charge in [-0.25, -0.2) is 0 Å². The number of hydrogen-bond donors (Lipinski definition) is 0. The molecule has 1 saturated heterocycles. The smallest absolute Gasteiger partial charge is 0.306 e. The fourth-order valence-electron chi connectivity index (χ4n) is 6.71. The van der Waals surface area contributed by atoms with Gasteiger partial charge in [0.25, 0.3) is 0 Å². The molecule has 1 aromatic heterocycles. The van der Waals surface area contributed by atoms with Crippen LogP contribution >= 0.6 is 0 Å². The number of rotatable bonds is 4. The molecule has 140 valence electrons. The van der Waals surface area contributed by atoms with Crippen LogP contribution in [0.4, 0.5) is 5.82 Å². The Morgan fingerprint density at radius 1 is 1.12 bits per heavy atom. The summed E-state index contributed by atoms with van der Waals surface area (Å²) in [5.41, 5.74) is 0.284. The Balaban J connectivity index is 1.14. The molecule has 0 unspecified atom stereocenters. The molecule has 5 heteroatoms. The summed E-state index contributed by atoms with van der Waals surface area (Å²) in [5.74, 6) is 3.66. The van der Waals surface area contributed by atoms with Gasteiger partial charge in [0.05, 0.1) is 6.42 Å². The van der Waals surface area contributed by atoms with Crippen molar-refractivity contribution in [3.05, 3.63) is 18.3 Å². The lowest BCUT2D eigenvalue weighted by Crippen LogP contribution is -2.47. The zero-order chi connectivity index (χ0) is 17.6. The van der Waals surface area contributed by atoms with Crippen LogP contribution < -0.4 is 4.90 Å². The maximum atomic E-state index is 12.7. The molecule has 0 N–H and O–H groups in total. The van der Waals surface area contributed by atoms with Crippen LogP contribution in [0.3, 0.4) is 0 Å². The zero-order valence-corrected chi connectivity index (χ0v) is 15.5. The van der Waals surface area contributed by atoms with Crippen molar-refractivity contribution in [2.75, 3.05) is 18.0 Å². The highest BCUT2D eigenvalue weighted by Gasteiger charge is 2.51. The lowest BCUT2D eigenvalue weighted by Gasteiger charge is -2.56. The molecule has 5 nitrogen and oxygen atoms in total. The Labute approximate surface area is 155 Å². The van der Waals surface area contributed by atoms with Crippen LogP contribution in [0.2, 0.25) is 0 Å². The average molecular weight is 355 g/mol. The van der Waals surface area contributed by atoms with Crippen molar-refractivity contribution in [3.63, 3.8) is 0 Å². The van der Waals surface area contributed by atoms with Gasteiger partial charge >= 0.3 is 5.97 Å². The Morgan fingerprint density at radius 3 is 2.35 bits per heavy atom. The molecule has 0 spiro atoms. The predicted octanol–water partition coefficient (Wildman–Crippen LogP) is 3.60. The summed E-state index contributed by atoms with van der Waals surface area (Å²) in [6, 6.07) is 3.91. The summed E-state index contributed by atoms with van der Waals surface area (Å²) in [7, 11) is 0. The minimum absolute atomic E-state index is 0.0601. The van der Waals surface area contributed by atoms with E-state index in [1.54, 1.807) is 6.20 Å². The SMILES string of the molecule is O=C(CC12CC3CC(CC(C3)C1)C2)OC1CCN(c2cccnn2)CC1. The number of carbonyl (C=O) groups excluding carboxylic acids is 1. The van der Waals surface area contributed by atoms with Gasteiger partial charge < -0.3 is 9.64 Å². The van der Waals surface area contributed by atoms with Gasteiger partial charge in [-0.15, -0.1) is 5.10 Å². The second-order valence-electron chi connectivity index (χ2n) is 9.35. The molecule has 5 fully saturated rings. The summed E-state index contributed by atoms with van der Waals surface area (Å²) >= 11 is 0. The van der Waals surface area contributed by atoms with E-state index in [2.05, 4.69) is 15.1 Å². The largest absolute Gasteiger partial charge is 0.462 e. The lowest BCUT2D eigenvalue weighted by molar-refractivity contribution is -0.158. The Morgan fingerprint density at radius 2 is 1.77 bits per heavy atom. The van der Waals surface area contributed by atoms with Crippen LogP contribution in [-0.2, 0) is 9.53 Å². The molecule has 0 radical (unpaired) electrons. The molecule has 0 aromatic carbocycles. The van der Waals surface area contributed by atoms with Gasteiger partial charge in [-0.05, 0) is 73.8 Å². The fraction of sp³-hybridized carbons (Fsp3) is 0.762. The highest BCUT2D eigenvalue weighted by molar-refractivity contribution is 5.70. The van der Waals surface area contributed by atoms with Gasteiger partial charge in [0, 0.05) is 32.1 Å². The molecule has 26 heavy (non-hydrogen) atoms. The van der Waals surface area contributed by atoms with Gasteiger partial charge in [0.15, 0.2) is 5.82 Å². The first-order valence-electron chi connectivity index (χ1n) is 10.4. The van der Waals surface area contributed by atoms with Crippen molar-refractivity contribution in [2.45, 2.75) is 63.9 Å². The third-order valence-corrected chi connectivity index (χ3v) is 7.31. The maximum absolute atomic E-state index is 12.7. The summed E-state index contributed by atoms with van der Waals surface area (Å²) in [5, 5.41) is 8.13. The van der Waals surface area contributed by atoms with E-state index in [1.807, 2.05) is 12.1 Å². The number of esters is 1. The van der Waals surface area contributed by atoms with E-state index in [0.29, 0.717) is 6.42 Å². The number of hydrogen-bond acceptors (Lipinski definition) is 5. The van der Waals surface area contributed by atoms with E-state index >= 15 is 0 Å². The second-order valence-corrected chi connectivity index (χ2v) is 9.35. The first-order valence-corrected chi connectivity index (χ1v) is 10.4. The molecule has 4 aliphatic carbocycles. The van der Waals surface area contributed by atoms with Crippen LogP contribution in [0.25, 0.3) is 0 Å². The molecule has 6 rings (SSSR count). The molecule has 0 amide bonds. The zero-order valence-electron chi connectivity index (χ0n) is 15.5. The van der Waals surface area contributed by atoms with Crippen LogP contribution in [0.1, 0.15) is 57.8 Å². The van der Waals surface area contributed by atoms with E-state index in [1.165, 1.54) is 38.5 Å². The van der Waals surface area contributed by atoms with E-state index in [4.69, 9.17) is 4.74 Å².